The van der Waals surface area contributed by atoms with E-state index in [1.807, 2.05) is 64.1 Å². The van der Waals surface area contributed by atoms with Crippen molar-refractivity contribution in [1.82, 2.24) is 30.4 Å². The third-order valence-electron chi connectivity index (χ3n) is 6.66. The molecule has 40 heavy (non-hydrogen) atoms. The predicted molar refractivity (Wildman–Crippen MR) is 153 cm³/mol. The fourth-order valence-corrected chi connectivity index (χ4v) is 3.93. The number of carbonyl (C=O) groups excluding carboxylic acids is 2. The van der Waals surface area contributed by atoms with E-state index in [0.29, 0.717) is 22.8 Å². The topological polar surface area (TPSA) is 158 Å². The zero-order valence-electron chi connectivity index (χ0n) is 23.0. The summed E-state index contributed by atoms with van der Waals surface area (Å²) >= 11 is 0. The third kappa shape index (κ3) is 5.60. The molecule has 0 saturated heterocycles. The SMILES string of the molecule is Cc1ccc(-n2[nH]c(C)c(/C=N\NC(=O)C(=O)N/N=C/c3c(C)[nH]n(-c4ccc(C)c(C)c4)c3=O)c2=O)cc1C. The highest BCUT2D eigenvalue weighted by molar-refractivity contribution is 6.35. The zero-order valence-corrected chi connectivity index (χ0v) is 23.0. The number of hydrazone groups is 2. The maximum atomic E-state index is 12.9. The molecule has 4 N–H and O–H groups in total. The van der Waals surface area contributed by atoms with E-state index < -0.39 is 11.8 Å². The first kappa shape index (κ1) is 27.8. The first-order valence-corrected chi connectivity index (χ1v) is 12.4. The van der Waals surface area contributed by atoms with Gasteiger partial charge in [0.05, 0.1) is 34.9 Å². The Morgan fingerprint density at radius 1 is 0.650 bits per heavy atom. The lowest BCUT2D eigenvalue weighted by Gasteiger charge is -2.05. The van der Waals surface area contributed by atoms with Crippen LogP contribution in [-0.4, -0.2) is 43.8 Å². The van der Waals surface area contributed by atoms with Gasteiger partial charge in [-0.15, -0.1) is 0 Å². The van der Waals surface area contributed by atoms with Gasteiger partial charge in [-0.2, -0.15) is 10.2 Å². The van der Waals surface area contributed by atoms with E-state index in [1.165, 1.54) is 21.8 Å². The van der Waals surface area contributed by atoms with Crippen molar-refractivity contribution in [2.24, 2.45) is 10.2 Å². The Bertz CT molecular complexity index is 1670. The molecule has 2 aromatic heterocycles. The first-order valence-electron chi connectivity index (χ1n) is 12.4. The summed E-state index contributed by atoms with van der Waals surface area (Å²) in [7, 11) is 0. The van der Waals surface area contributed by atoms with Gasteiger partial charge in [0.1, 0.15) is 0 Å². The summed E-state index contributed by atoms with van der Waals surface area (Å²) < 4.78 is 2.76. The molecule has 2 heterocycles. The number of hydrogen-bond donors (Lipinski definition) is 4. The number of rotatable bonds is 6. The van der Waals surface area contributed by atoms with Crippen molar-refractivity contribution in [1.29, 1.82) is 0 Å². The highest BCUT2D eigenvalue weighted by Crippen LogP contribution is 2.14. The van der Waals surface area contributed by atoms with Crippen molar-refractivity contribution in [2.75, 3.05) is 0 Å². The maximum absolute atomic E-state index is 12.9. The minimum absolute atomic E-state index is 0.222. The molecule has 0 saturated carbocycles. The van der Waals surface area contributed by atoms with E-state index in [1.54, 1.807) is 13.8 Å². The van der Waals surface area contributed by atoms with Crippen molar-refractivity contribution in [2.45, 2.75) is 41.5 Å². The quantitative estimate of drug-likeness (QED) is 0.167. The lowest BCUT2D eigenvalue weighted by Crippen LogP contribution is -2.35. The lowest BCUT2D eigenvalue weighted by molar-refractivity contribution is -0.139. The number of hydrogen-bond acceptors (Lipinski definition) is 6. The summed E-state index contributed by atoms with van der Waals surface area (Å²) in [5.41, 5.74) is 10.5. The summed E-state index contributed by atoms with van der Waals surface area (Å²) in [6, 6.07) is 11.2. The van der Waals surface area contributed by atoms with Crippen molar-refractivity contribution in [3.63, 3.8) is 0 Å². The maximum Gasteiger partial charge on any atom is 0.331 e. The Kier molecular flexibility index (Phi) is 7.80. The monoisotopic (exact) mass is 542 g/mol. The summed E-state index contributed by atoms with van der Waals surface area (Å²) in [5, 5.41) is 13.4. The molecule has 0 atom stereocenters. The number of benzene rings is 2. The number of amides is 2. The van der Waals surface area contributed by atoms with Crippen LogP contribution < -0.4 is 22.0 Å². The number of H-pyrrole nitrogens is 2. The molecule has 4 aromatic rings. The Hall–Kier alpha value is -5.26. The van der Waals surface area contributed by atoms with Gasteiger partial charge in [0.15, 0.2) is 0 Å². The third-order valence-corrected chi connectivity index (χ3v) is 6.66. The summed E-state index contributed by atoms with van der Waals surface area (Å²) in [5.74, 6) is -2.20. The van der Waals surface area contributed by atoms with E-state index in [-0.39, 0.29) is 22.2 Å². The summed E-state index contributed by atoms with van der Waals surface area (Å²) in [6.45, 7) is 11.3. The number of aryl methyl sites for hydroxylation is 6. The van der Waals surface area contributed by atoms with Crippen LogP contribution in [0.2, 0.25) is 0 Å². The number of nitrogens with one attached hydrogen (secondary N) is 4. The molecule has 0 bridgehead atoms. The Balaban J connectivity index is 1.40. The van der Waals surface area contributed by atoms with Gasteiger partial charge in [-0.25, -0.2) is 20.2 Å². The van der Waals surface area contributed by atoms with Crippen molar-refractivity contribution < 1.29 is 9.59 Å². The van der Waals surface area contributed by atoms with E-state index in [2.05, 4.69) is 31.3 Å². The Morgan fingerprint density at radius 2 is 1.02 bits per heavy atom. The molecule has 2 amide bonds. The molecular weight excluding hydrogens is 512 g/mol. The van der Waals surface area contributed by atoms with Crippen LogP contribution in [0.3, 0.4) is 0 Å². The highest BCUT2D eigenvalue weighted by Gasteiger charge is 2.15. The second-order valence-electron chi connectivity index (χ2n) is 9.52. The van der Waals surface area contributed by atoms with Gasteiger partial charge < -0.3 is 0 Å². The van der Waals surface area contributed by atoms with Gasteiger partial charge in [-0.3, -0.25) is 29.4 Å². The number of aromatic amines is 2. The average Bonchev–Trinajstić information content (AvgIpc) is 3.36. The molecule has 0 spiro atoms. The second-order valence-corrected chi connectivity index (χ2v) is 9.52. The Morgan fingerprint density at radius 3 is 1.38 bits per heavy atom. The van der Waals surface area contributed by atoms with Gasteiger partial charge in [0.2, 0.25) is 0 Å². The standard InChI is InChI=1S/C28H30N8O4/c1-15-7-9-21(11-17(15)3)35-27(39)23(19(5)33-35)13-29-31-25(37)26(38)32-30-14-24-20(6)34-36(28(24)40)22-10-8-16(2)18(4)12-22/h7-14,33-34H,1-6H3,(H,31,37)(H,32,38)/b29-13-,30-14+. The fourth-order valence-electron chi connectivity index (χ4n) is 3.93. The van der Waals surface area contributed by atoms with Crippen LogP contribution in [0.15, 0.2) is 56.2 Å². The van der Waals surface area contributed by atoms with Crippen LogP contribution in [0.5, 0.6) is 0 Å². The van der Waals surface area contributed by atoms with E-state index >= 15 is 0 Å². The fraction of sp³-hybridized carbons (Fsp3) is 0.214. The molecule has 0 aliphatic carbocycles. The average molecular weight is 543 g/mol. The normalized spacial score (nSPS) is 11.4. The van der Waals surface area contributed by atoms with E-state index in [4.69, 9.17) is 0 Å². The van der Waals surface area contributed by atoms with E-state index in [9.17, 15) is 19.2 Å². The van der Waals surface area contributed by atoms with Gasteiger partial charge >= 0.3 is 11.8 Å². The van der Waals surface area contributed by atoms with Crippen LogP contribution in [-0.2, 0) is 9.59 Å². The van der Waals surface area contributed by atoms with Crippen LogP contribution >= 0.6 is 0 Å². The Labute approximate surface area is 229 Å². The predicted octanol–water partition coefficient (Wildman–Crippen LogP) is 2.10. The molecule has 0 aliphatic rings. The molecule has 0 aliphatic heterocycles. The zero-order chi connectivity index (χ0) is 29.1. The van der Waals surface area contributed by atoms with Gasteiger partial charge in [0.25, 0.3) is 11.1 Å². The molecule has 2 aromatic carbocycles. The number of nitrogens with zero attached hydrogens (tertiary/aromatic N) is 4. The summed E-state index contributed by atoms with van der Waals surface area (Å²) in [4.78, 5) is 50.0. The highest BCUT2D eigenvalue weighted by atomic mass is 16.2. The van der Waals surface area contributed by atoms with Crippen molar-refractivity contribution in [3.05, 3.63) is 102 Å². The molecule has 0 fully saturated rings. The van der Waals surface area contributed by atoms with E-state index in [0.717, 1.165) is 22.3 Å². The van der Waals surface area contributed by atoms with Crippen LogP contribution in [0.1, 0.15) is 44.8 Å². The minimum Gasteiger partial charge on any atom is -0.295 e. The molecule has 12 nitrogen and oxygen atoms in total. The molecule has 206 valence electrons. The van der Waals surface area contributed by atoms with Gasteiger partial charge in [-0.05, 0) is 88.1 Å². The molecular formula is C28H30N8O4. The van der Waals surface area contributed by atoms with Crippen LogP contribution in [0.4, 0.5) is 0 Å². The molecule has 0 unspecified atom stereocenters. The first-order chi connectivity index (χ1) is 19.0. The summed E-state index contributed by atoms with van der Waals surface area (Å²) in [6.07, 6.45) is 2.33. The van der Waals surface area contributed by atoms with Gasteiger partial charge in [-0.1, -0.05) is 12.1 Å². The van der Waals surface area contributed by atoms with Crippen LogP contribution in [0, 0.1) is 41.5 Å². The largest absolute Gasteiger partial charge is 0.331 e. The molecule has 4 rings (SSSR count). The van der Waals surface area contributed by atoms with Crippen LogP contribution in [0.25, 0.3) is 11.4 Å². The van der Waals surface area contributed by atoms with Crippen molar-refractivity contribution in [3.8, 4) is 11.4 Å². The second kappa shape index (κ2) is 11.2. The minimum atomic E-state index is -1.10. The lowest BCUT2D eigenvalue weighted by atomic mass is 10.1. The molecule has 12 heteroatoms. The molecule has 0 radical (unpaired) electrons. The number of aromatic nitrogens is 4. The smallest absolute Gasteiger partial charge is 0.295 e. The number of carbonyl (C=O) groups is 2. The van der Waals surface area contributed by atoms with Crippen molar-refractivity contribution >= 4 is 24.2 Å². The van der Waals surface area contributed by atoms with Gasteiger partial charge in [0, 0.05) is 11.4 Å².